The van der Waals surface area contributed by atoms with E-state index in [2.05, 4.69) is 33.9 Å². The standard InChI is InChI=1S/C18H27N3O3S/c1-25(23,24)19-10-9-18(22)21-13-16-7-8-17(14-21)20(12-16)11-15-5-3-2-4-6-15/h2-6,16-17,19H,7-14H2,1H3/t16-,17-/m1/s1. The molecule has 3 saturated heterocycles. The van der Waals surface area contributed by atoms with Crippen molar-refractivity contribution in [1.82, 2.24) is 14.5 Å². The smallest absolute Gasteiger partial charge is 0.223 e. The molecule has 0 spiro atoms. The highest BCUT2D eigenvalue weighted by molar-refractivity contribution is 7.88. The van der Waals surface area contributed by atoms with Crippen molar-refractivity contribution in [2.24, 2.45) is 5.92 Å². The van der Waals surface area contributed by atoms with E-state index < -0.39 is 10.0 Å². The van der Waals surface area contributed by atoms with Crippen molar-refractivity contribution in [3.63, 3.8) is 0 Å². The van der Waals surface area contributed by atoms with E-state index in [0.717, 1.165) is 38.9 Å². The molecular weight excluding hydrogens is 338 g/mol. The molecule has 3 aliphatic heterocycles. The van der Waals surface area contributed by atoms with E-state index in [4.69, 9.17) is 0 Å². The number of nitrogens with zero attached hydrogens (tertiary/aromatic N) is 2. The third kappa shape index (κ3) is 5.26. The second-order valence-corrected chi connectivity index (χ2v) is 9.06. The van der Waals surface area contributed by atoms with Crippen LogP contribution in [-0.4, -0.2) is 62.6 Å². The predicted molar refractivity (Wildman–Crippen MR) is 97.4 cm³/mol. The van der Waals surface area contributed by atoms with Gasteiger partial charge in [0.15, 0.2) is 0 Å². The summed E-state index contributed by atoms with van der Waals surface area (Å²) in [7, 11) is -3.24. The first kappa shape index (κ1) is 18.4. The Hall–Kier alpha value is -1.44. The zero-order valence-corrected chi connectivity index (χ0v) is 15.5. The summed E-state index contributed by atoms with van der Waals surface area (Å²) < 4.78 is 24.7. The molecule has 2 atom stereocenters. The first-order valence-electron chi connectivity index (χ1n) is 8.91. The summed E-state index contributed by atoms with van der Waals surface area (Å²) in [5, 5.41) is 0. The second kappa shape index (κ2) is 7.85. The Labute approximate surface area is 150 Å². The van der Waals surface area contributed by atoms with Gasteiger partial charge in [-0.25, -0.2) is 13.1 Å². The lowest BCUT2D eigenvalue weighted by Crippen LogP contribution is -2.44. The SMILES string of the molecule is CS(=O)(=O)NCCC(=O)N1C[C@@H]2CC[C@H](C1)N(Cc1ccccc1)C2. The molecule has 0 radical (unpaired) electrons. The maximum Gasteiger partial charge on any atom is 0.223 e. The van der Waals surface area contributed by atoms with Gasteiger partial charge in [-0.1, -0.05) is 30.3 Å². The molecule has 0 aromatic heterocycles. The van der Waals surface area contributed by atoms with Gasteiger partial charge in [0.2, 0.25) is 15.9 Å². The molecule has 0 unspecified atom stereocenters. The summed E-state index contributed by atoms with van der Waals surface area (Å²) in [6.07, 6.45) is 3.64. The fraction of sp³-hybridized carbons (Fsp3) is 0.611. The van der Waals surface area contributed by atoms with Crippen LogP contribution in [0, 0.1) is 5.92 Å². The number of hydrogen-bond acceptors (Lipinski definition) is 4. The minimum absolute atomic E-state index is 0.0506. The lowest BCUT2D eigenvalue weighted by atomic mass is 9.94. The van der Waals surface area contributed by atoms with Gasteiger partial charge in [-0.15, -0.1) is 0 Å². The van der Waals surface area contributed by atoms with Gasteiger partial charge in [-0.2, -0.15) is 0 Å². The van der Waals surface area contributed by atoms with Crippen LogP contribution in [0.1, 0.15) is 24.8 Å². The first-order chi connectivity index (χ1) is 11.9. The molecule has 7 heteroatoms. The molecule has 138 valence electrons. The van der Waals surface area contributed by atoms with Crippen LogP contribution >= 0.6 is 0 Å². The normalized spacial score (nSPS) is 24.3. The largest absolute Gasteiger partial charge is 0.341 e. The quantitative estimate of drug-likeness (QED) is 0.818. The molecule has 1 amide bonds. The van der Waals surface area contributed by atoms with Gasteiger partial charge in [0.25, 0.3) is 0 Å². The van der Waals surface area contributed by atoms with E-state index in [1.54, 1.807) is 0 Å². The molecule has 3 heterocycles. The van der Waals surface area contributed by atoms with Crippen LogP contribution in [0.5, 0.6) is 0 Å². The second-order valence-electron chi connectivity index (χ2n) is 7.23. The van der Waals surface area contributed by atoms with Crippen molar-refractivity contribution < 1.29 is 13.2 Å². The monoisotopic (exact) mass is 365 g/mol. The lowest BCUT2D eigenvalue weighted by molar-refractivity contribution is -0.131. The molecule has 1 aromatic carbocycles. The van der Waals surface area contributed by atoms with Gasteiger partial charge in [0.05, 0.1) is 6.26 Å². The Kier molecular flexibility index (Phi) is 5.76. The van der Waals surface area contributed by atoms with Gasteiger partial charge in [0.1, 0.15) is 0 Å². The van der Waals surface area contributed by atoms with E-state index in [-0.39, 0.29) is 18.9 Å². The molecule has 0 aliphatic carbocycles. The lowest BCUT2D eigenvalue weighted by Gasteiger charge is -2.36. The van der Waals surface area contributed by atoms with Gasteiger partial charge in [-0.3, -0.25) is 9.69 Å². The fourth-order valence-electron chi connectivity index (χ4n) is 3.90. The van der Waals surface area contributed by atoms with E-state index in [9.17, 15) is 13.2 Å². The van der Waals surface area contributed by atoms with Crippen molar-refractivity contribution in [3.05, 3.63) is 35.9 Å². The molecule has 0 saturated carbocycles. The van der Waals surface area contributed by atoms with Gasteiger partial charge >= 0.3 is 0 Å². The van der Waals surface area contributed by atoms with E-state index >= 15 is 0 Å². The minimum atomic E-state index is -3.24. The predicted octanol–water partition coefficient (Wildman–Crippen LogP) is 1.05. The molecule has 3 fully saturated rings. The number of fused-ring (bicyclic) bond motifs is 4. The van der Waals surface area contributed by atoms with E-state index in [0.29, 0.717) is 12.0 Å². The average molecular weight is 365 g/mol. The highest BCUT2D eigenvalue weighted by atomic mass is 32.2. The van der Waals surface area contributed by atoms with Crippen molar-refractivity contribution in [1.29, 1.82) is 0 Å². The minimum Gasteiger partial charge on any atom is -0.341 e. The molecule has 6 nitrogen and oxygen atoms in total. The number of nitrogens with one attached hydrogen (secondary N) is 1. The number of sulfonamides is 1. The number of amides is 1. The molecule has 3 aliphatic rings. The topological polar surface area (TPSA) is 69.7 Å². The summed E-state index contributed by atoms with van der Waals surface area (Å²) in [5.74, 6) is 0.559. The van der Waals surface area contributed by atoms with Crippen LogP contribution in [-0.2, 0) is 21.4 Å². The summed E-state index contributed by atoms with van der Waals surface area (Å²) in [6.45, 7) is 3.68. The Morgan fingerprint density at radius 2 is 1.92 bits per heavy atom. The summed E-state index contributed by atoms with van der Waals surface area (Å²) >= 11 is 0. The zero-order chi connectivity index (χ0) is 17.9. The summed E-state index contributed by atoms with van der Waals surface area (Å²) in [5.41, 5.74) is 1.31. The van der Waals surface area contributed by atoms with Crippen LogP contribution in [0.25, 0.3) is 0 Å². The number of rotatable bonds is 6. The first-order valence-corrected chi connectivity index (χ1v) is 10.8. The highest BCUT2D eigenvalue weighted by Crippen LogP contribution is 2.29. The molecule has 2 bridgehead atoms. The van der Waals surface area contributed by atoms with Crippen molar-refractivity contribution in [2.45, 2.75) is 31.8 Å². The van der Waals surface area contributed by atoms with Gasteiger partial charge in [-0.05, 0) is 24.3 Å². The molecule has 1 N–H and O–H groups in total. The van der Waals surface area contributed by atoms with E-state index in [1.807, 2.05) is 11.0 Å². The van der Waals surface area contributed by atoms with Gasteiger partial charge in [0, 0.05) is 45.2 Å². The average Bonchev–Trinajstić information content (AvgIpc) is 2.86. The number of hydrogen-bond donors (Lipinski definition) is 1. The van der Waals surface area contributed by atoms with Crippen molar-refractivity contribution >= 4 is 15.9 Å². The summed E-state index contributed by atoms with van der Waals surface area (Å²) in [4.78, 5) is 16.9. The van der Waals surface area contributed by atoms with Crippen LogP contribution in [0.4, 0.5) is 0 Å². The Morgan fingerprint density at radius 1 is 1.16 bits per heavy atom. The summed E-state index contributed by atoms with van der Waals surface area (Å²) in [6, 6.07) is 10.9. The van der Waals surface area contributed by atoms with E-state index in [1.165, 1.54) is 12.0 Å². The number of carbonyl (C=O) groups is 1. The maximum atomic E-state index is 12.5. The van der Waals surface area contributed by atoms with Crippen molar-refractivity contribution in [3.8, 4) is 0 Å². The Morgan fingerprint density at radius 3 is 2.64 bits per heavy atom. The number of carbonyl (C=O) groups excluding carboxylic acids is 1. The maximum absolute atomic E-state index is 12.5. The third-order valence-electron chi connectivity index (χ3n) is 5.11. The Bertz CT molecular complexity index is 693. The van der Waals surface area contributed by atoms with Gasteiger partial charge < -0.3 is 4.90 Å². The number of benzene rings is 1. The van der Waals surface area contributed by atoms with Crippen LogP contribution in [0.2, 0.25) is 0 Å². The highest BCUT2D eigenvalue weighted by Gasteiger charge is 2.36. The van der Waals surface area contributed by atoms with Crippen LogP contribution in [0.15, 0.2) is 30.3 Å². The third-order valence-corrected chi connectivity index (χ3v) is 5.84. The zero-order valence-electron chi connectivity index (χ0n) is 14.7. The molecule has 25 heavy (non-hydrogen) atoms. The fourth-order valence-corrected chi connectivity index (χ4v) is 4.37. The molecule has 1 aromatic rings. The number of piperidine rings is 1. The molecule has 4 rings (SSSR count). The van der Waals surface area contributed by atoms with Crippen molar-refractivity contribution in [2.75, 3.05) is 32.4 Å². The van der Waals surface area contributed by atoms with Crippen LogP contribution in [0.3, 0.4) is 0 Å². The molecular formula is C18H27N3O3S. The van der Waals surface area contributed by atoms with Crippen LogP contribution < -0.4 is 4.72 Å². The Balaban J connectivity index is 1.58.